The van der Waals surface area contributed by atoms with Crippen LogP contribution in [0, 0.1) is 0 Å². The second-order valence-corrected chi connectivity index (χ2v) is 4.22. The van der Waals surface area contributed by atoms with E-state index >= 15 is 0 Å². The number of methoxy groups -OCH3 is 1. The summed E-state index contributed by atoms with van der Waals surface area (Å²) in [4.78, 5) is 11.0. The van der Waals surface area contributed by atoms with Gasteiger partial charge in [0.15, 0.2) is 5.69 Å². The molecule has 0 aromatic carbocycles. The van der Waals surface area contributed by atoms with Crippen molar-refractivity contribution < 1.29 is 14.6 Å². The fraction of sp³-hybridized carbons (Fsp3) is 0.750. The summed E-state index contributed by atoms with van der Waals surface area (Å²) in [5.74, 6) is -1.03. The number of hydrogen-bond donors (Lipinski definition) is 1. The Kier molecular flexibility index (Phi) is 6.35. The van der Waals surface area contributed by atoms with E-state index in [0.29, 0.717) is 18.7 Å². The summed E-state index contributed by atoms with van der Waals surface area (Å²) < 4.78 is 6.68. The third-order valence-corrected chi connectivity index (χ3v) is 2.81. The maximum atomic E-state index is 11.0. The van der Waals surface area contributed by atoms with E-state index in [-0.39, 0.29) is 5.69 Å². The number of nitrogens with zero attached hydrogens (tertiary/aromatic N) is 3. The number of hydrogen-bond acceptors (Lipinski definition) is 4. The van der Waals surface area contributed by atoms with Gasteiger partial charge in [-0.05, 0) is 6.42 Å². The molecule has 0 aliphatic rings. The predicted octanol–water partition coefficient (Wildman–Crippen LogP) is 1.75. The Labute approximate surface area is 107 Å². The van der Waals surface area contributed by atoms with Crippen molar-refractivity contribution in [2.75, 3.05) is 13.7 Å². The highest BCUT2D eigenvalue weighted by Crippen LogP contribution is 2.09. The predicted molar refractivity (Wildman–Crippen MR) is 66.7 cm³/mol. The summed E-state index contributed by atoms with van der Waals surface area (Å²) in [6.07, 6.45) is 5.01. The van der Waals surface area contributed by atoms with Crippen molar-refractivity contribution in [3.05, 3.63) is 11.4 Å². The van der Waals surface area contributed by atoms with Gasteiger partial charge < -0.3 is 9.84 Å². The average molecular weight is 255 g/mol. The Morgan fingerprint density at radius 2 is 2.17 bits per heavy atom. The summed E-state index contributed by atoms with van der Waals surface area (Å²) in [6.45, 7) is 3.35. The number of carboxylic acids is 1. The highest BCUT2D eigenvalue weighted by molar-refractivity contribution is 5.86. The Morgan fingerprint density at radius 1 is 1.39 bits per heavy atom. The molecule has 0 unspecified atom stereocenters. The Balaban J connectivity index is 2.67. The summed E-state index contributed by atoms with van der Waals surface area (Å²) in [5.41, 5.74) is 0.698. The van der Waals surface area contributed by atoms with Gasteiger partial charge in [-0.2, -0.15) is 0 Å². The first-order valence-corrected chi connectivity index (χ1v) is 6.35. The largest absolute Gasteiger partial charge is 0.476 e. The van der Waals surface area contributed by atoms with Crippen molar-refractivity contribution in [2.45, 2.75) is 45.6 Å². The van der Waals surface area contributed by atoms with Crippen LogP contribution in [0.4, 0.5) is 0 Å². The van der Waals surface area contributed by atoms with Crippen LogP contribution < -0.4 is 0 Å². The quantitative estimate of drug-likeness (QED) is 0.680. The van der Waals surface area contributed by atoms with Crippen LogP contribution in [-0.2, 0) is 17.7 Å². The molecule has 1 N–H and O–H groups in total. The van der Waals surface area contributed by atoms with E-state index < -0.39 is 5.97 Å². The molecule has 102 valence electrons. The summed E-state index contributed by atoms with van der Waals surface area (Å²) >= 11 is 0. The van der Waals surface area contributed by atoms with Gasteiger partial charge in [0.1, 0.15) is 0 Å². The van der Waals surface area contributed by atoms with Crippen LogP contribution in [-0.4, -0.2) is 39.8 Å². The minimum absolute atomic E-state index is 0.0440. The van der Waals surface area contributed by atoms with Gasteiger partial charge >= 0.3 is 5.97 Å². The molecule has 1 heterocycles. The van der Waals surface area contributed by atoms with Gasteiger partial charge in [0.2, 0.25) is 0 Å². The minimum Gasteiger partial charge on any atom is -0.476 e. The lowest BCUT2D eigenvalue weighted by atomic mass is 10.2. The van der Waals surface area contributed by atoms with E-state index in [1.807, 2.05) is 0 Å². The number of rotatable bonds is 9. The molecular formula is C12H21N3O3. The number of unbranched alkanes of at least 4 members (excludes halogenated alkanes) is 3. The maximum absolute atomic E-state index is 11.0. The molecule has 0 spiro atoms. The molecule has 6 nitrogen and oxygen atoms in total. The van der Waals surface area contributed by atoms with E-state index in [2.05, 4.69) is 17.2 Å². The zero-order chi connectivity index (χ0) is 13.4. The average Bonchev–Trinajstić information content (AvgIpc) is 2.75. The van der Waals surface area contributed by atoms with Crippen molar-refractivity contribution in [1.82, 2.24) is 15.0 Å². The summed E-state index contributed by atoms with van der Waals surface area (Å²) in [5, 5.41) is 16.7. The van der Waals surface area contributed by atoms with E-state index in [1.54, 1.807) is 11.8 Å². The number of carbonyl (C=O) groups is 1. The van der Waals surface area contributed by atoms with Crippen LogP contribution in [0.5, 0.6) is 0 Å². The van der Waals surface area contributed by atoms with Crippen LogP contribution in [0.2, 0.25) is 0 Å². The van der Waals surface area contributed by atoms with Gasteiger partial charge in [-0.1, -0.05) is 31.4 Å². The second kappa shape index (κ2) is 7.81. The van der Waals surface area contributed by atoms with E-state index in [0.717, 1.165) is 19.4 Å². The second-order valence-electron chi connectivity index (χ2n) is 4.22. The van der Waals surface area contributed by atoms with Crippen molar-refractivity contribution in [3.63, 3.8) is 0 Å². The van der Waals surface area contributed by atoms with Gasteiger partial charge in [0.05, 0.1) is 12.3 Å². The monoisotopic (exact) mass is 255 g/mol. The molecule has 0 saturated heterocycles. The highest BCUT2D eigenvalue weighted by Gasteiger charge is 2.18. The minimum atomic E-state index is -1.03. The first kappa shape index (κ1) is 14.6. The Morgan fingerprint density at radius 3 is 2.78 bits per heavy atom. The number of ether oxygens (including phenoxy) is 1. The molecule has 0 bridgehead atoms. The fourth-order valence-corrected chi connectivity index (χ4v) is 1.81. The van der Waals surface area contributed by atoms with Gasteiger partial charge in [-0.3, -0.25) is 0 Å². The molecule has 0 aliphatic carbocycles. The maximum Gasteiger partial charge on any atom is 0.358 e. The van der Waals surface area contributed by atoms with Crippen molar-refractivity contribution in [2.24, 2.45) is 0 Å². The molecule has 0 saturated carbocycles. The van der Waals surface area contributed by atoms with Crippen LogP contribution in [0.25, 0.3) is 0 Å². The molecule has 1 rings (SSSR count). The molecule has 0 radical (unpaired) electrons. The zero-order valence-corrected chi connectivity index (χ0v) is 11.1. The zero-order valence-electron chi connectivity index (χ0n) is 11.1. The first-order valence-electron chi connectivity index (χ1n) is 6.35. The Bertz CT molecular complexity index is 377. The molecule has 0 aliphatic heterocycles. The lowest BCUT2D eigenvalue weighted by Crippen LogP contribution is -2.11. The van der Waals surface area contributed by atoms with Crippen LogP contribution in [0.3, 0.4) is 0 Å². The third kappa shape index (κ3) is 4.10. The van der Waals surface area contributed by atoms with Crippen LogP contribution in [0.1, 0.15) is 48.8 Å². The number of carboxylic acid groups (broad SMARTS) is 1. The molecular weight excluding hydrogens is 234 g/mol. The lowest BCUT2D eigenvalue weighted by molar-refractivity contribution is 0.0688. The fourth-order valence-electron chi connectivity index (χ4n) is 1.81. The molecule has 0 atom stereocenters. The van der Waals surface area contributed by atoms with Gasteiger partial charge in [-0.15, -0.1) is 5.10 Å². The first-order chi connectivity index (χ1) is 8.70. The highest BCUT2D eigenvalue weighted by atomic mass is 16.5. The van der Waals surface area contributed by atoms with Crippen LogP contribution in [0.15, 0.2) is 0 Å². The molecule has 6 heteroatoms. The molecule has 0 amide bonds. The number of aromatic carboxylic acids is 1. The van der Waals surface area contributed by atoms with Gasteiger partial charge in [0, 0.05) is 20.1 Å². The smallest absolute Gasteiger partial charge is 0.358 e. The van der Waals surface area contributed by atoms with E-state index in [4.69, 9.17) is 9.84 Å². The molecule has 1 aromatic heterocycles. The van der Waals surface area contributed by atoms with Crippen molar-refractivity contribution >= 4 is 5.97 Å². The molecule has 1 aromatic rings. The Hall–Kier alpha value is -1.43. The van der Waals surface area contributed by atoms with E-state index in [9.17, 15) is 4.79 Å². The summed E-state index contributed by atoms with van der Waals surface area (Å²) in [7, 11) is 1.59. The number of aromatic nitrogens is 3. The molecule has 18 heavy (non-hydrogen) atoms. The van der Waals surface area contributed by atoms with Gasteiger partial charge in [0.25, 0.3) is 0 Å². The third-order valence-electron chi connectivity index (χ3n) is 2.81. The lowest BCUT2D eigenvalue weighted by Gasteiger charge is -2.06. The SMILES string of the molecule is CCCCCCn1nnc(C(=O)O)c1CCOC. The van der Waals surface area contributed by atoms with Crippen molar-refractivity contribution in [1.29, 1.82) is 0 Å². The number of aryl methyl sites for hydroxylation is 1. The normalized spacial score (nSPS) is 10.8. The van der Waals surface area contributed by atoms with Gasteiger partial charge in [-0.25, -0.2) is 9.48 Å². The standard InChI is InChI=1S/C12H21N3O3/c1-3-4-5-6-8-15-10(7-9-18-2)11(12(16)17)13-14-15/h3-9H2,1-2H3,(H,16,17). The topological polar surface area (TPSA) is 77.2 Å². The van der Waals surface area contributed by atoms with Crippen LogP contribution >= 0.6 is 0 Å². The van der Waals surface area contributed by atoms with E-state index in [1.165, 1.54) is 12.8 Å². The molecule has 0 fully saturated rings. The van der Waals surface area contributed by atoms with Crippen molar-refractivity contribution in [3.8, 4) is 0 Å². The summed E-state index contributed by atoms with van der Waals surface area (Å²) in [6, 6.07) is 0.